The molecule has 0 spiro atoms. The third-order valence-electron chi connectivity index (χ3n) is 2.90. The van der Waals surface area contributed by atoms with E-state index in [1.807, 2.05) is 36.4 Å². The lowest BCUT2D eigenvalue weighted by atomic mass is 9.99. The molecule has 0 saturated heterocycles. The van der Waals surface area contributed by atoms with E-state index < -0.39 is 0 Å². The normalized spacial score (nSPS) is 12.4. The van der Waals surface area contributed by atoms with E-state index >= 15 is 0 Å². The molecule has 0 radical (unpaired) electrons. The van der Waals surface area contributed by atoms with E-state index in [0.717, 1.165) is 22.1 Å². The Morgan fingerprint density at radius 1 is 1.00 bits per heavy atom. The number of halogens is 4. The molecule has 0 fully saturated rings. The van der Waals surface area contributed by atoms with Gasteiger partial charge in [0.2, 0.25) is 0 Å². The second-order valence-corrected chi connectivity index (χ2v) is 6.53. The zero-order valence-corrected chi connectivity index (χ0v) is 14.6. The van der Waals surface area contributed by atoms with E-state index in [4.69, 9.17) is 34.8 Å². The molecule has 2 aromatic carbocycles. The molecule has 0 aliphatic carbocycles. The van der Waals surface area contributed by atoms with Crippen molar-refractivity contribution in [1.29, 1.82) is 0 Å². The van der Waals surface area contributed by atoms with Gasteiger partial charge in [0.25, 0.3) is 0 Å². The Balaban J connectivity index is 2.46. The van der Waals surface area contributed by atoms with Gasteiger partial charge in [0, 0.05) is 9.50 Å². The Kier molecular flexibility index (Phi) is 5.76. The summed E-state index contributed by atoms with van der Waals surface area (Å²) in [6, 6.07) is 11.5. The van der Waals surface area contributed by atoms with Crippen molar-refractivity contribution in [3.63, 3.8) is 0 Å². The van der Waals surface area contributed by atoms with Gasteiger partial charge >= 0.3 is 0 Å². The molecule has 0 saturated carbocycles. The third kappa shape index (κ3) is 3.90. The zero-order chi connectivity index (χ0) is 14.7. The van der Waals surface area contributed by atoms with Crippen molar-refractivity contribution < 1.29 is 0 Å². The van der Waals surface area contributed by atoms with Gasteiger partial charge in [0.15, 0.2) is 0 Å². The van der Waals surface area contributed by atoms with Crippen LogP contribution < -0.4 is 5.32 Å². The van der Waals surface area contributed by atoms with E-state index in [1.54, 1.807) is 0 Å². The van der Waals surface area contributed by atoms with E-state index in [0.29, 0.717) is 15.1 Å². The number of benzene rings is 2. The van der Waals surface area contributed by atoms with Crippen molar-refractivity contribution in [3.8, 4) is 0 Å². The van der Waals surface area contributed by atoms with Gasteiger partial charge < -0.3 is 5.32 Å². The van der Waals surface area contributed by atoms with Gasteiger partial charge in [0.1, 0.15) is 0 Å². The van der Waals surface area contributed by atoms with E-state index in [-0.39, 0.29) is 6.04 Å². The summed E-state index contributed by atoms with van der Waals surface area (Å²) in [5.41, 5.74) is 2.13. The molecule has 1 unspecified atom stereocenters. The Bertz CT molecular complexity index is 596. The first-order chi connectivity index (χ1) is 9.51. The lowest BCUT2D eigenvalue weighted by Crippen LogP contribution is -2.22. The summed E-state index contributed by atoms with van der Waals surface area (Å²) in [6.45, 7) is 2.89. The van der Waals surface area contributed by atoms with Gasteiger partial charge in [-0.25, -0.2) is 0 Å². The predicted molar refractivity (Wildman–Crippen MR) is 91.1 cm³/mol. The van der Waals surface area contributed by atoms with Crippen LogP contribution in [0, 0.1) is 0 Å². The van der Waals surface area contributed by atoms with Crippen molar-refractivity contribution in [2.45, 2.75) is 13.0 Å². The minimum atomic E-state index is 0.0183. The Morgan fingerprint density at radius 2 is 1.75 bits per heavy atom. The molecule has 1 N–H and O–H groups in total. The Morgan fingerprint density at radius 3 is 2.35 bits per heavy atom. The Hall–Kier alpha value is -0.250. The third-order valence-corrected chi connectivity index (χ3v) is 4.32. The van der Waals surface area contributed by atoms with E-state index in [2.05, 4.69) is 28.2 Å². The summed E-state index contributed by atoms with van der Waals surface area (Å²) in [4.78, 5) is 0. The summed E-state index contributed by atoms with van der Waals surface area (Å²) in [6.07, 6.45) is 0. The topological polar surface area (TPSA) is 12.0 Å². The first-order valence-electron chi connectivity index (χ1n) is 6.15. The van der Waals surface area contributed by atoms with Gasteiger partial charge in [-0.1, -0.05) is 63.7 Å². The van der Waals surface area contributed by atoms with Crippen molar-refractivity contribution in [1.82, 2.24) is 5.32 Å². The highest BCUT2D eigenvalue weighted by molar-refractivity contribution is 9.10. The number of rotatable bonds is 4. The average molecular weight is 394 g/mol. The molecule has 1 atom stereocenters. The molecule has 106 valence electrons. The molecule has 0 aliphatic heterocycles. The second kappa shape index (κ2) is 7.15. The Labute approximate surface area is 142 Å². The largest absolute Gasteiger partial charge is 0.307 e. The fraction of sp³-hybridized carbons (Fsp3) is 0.200. The van der Waals surface area contributed by atoms with Crippen LogP contribution in [0.4, 0.5) is 0 Å². The maximum absolute atomic E-state index is 6.13. The SMILES string of the molecule is CCNC(c1cc(Cl)cc(Br)c1)c1ccc(Cl)c(Cl)c1. The van der Waals surface area contributed by atoms with Gasteiger partial charge in [-0.3, -0.25) is 0 Å². The van der Waals surface area contributed by atoms with E-state index in [1.165, 1.54) is 0 Å². The summed E-state index contributed by atoms with van der Waals surface area (Å²) in [5, 5.41) is 5.23. The van der Waals surface area contributed by atoms with Crippen LogP contribution in [0.15, 0.2) is 40.9 Å². The highest BCUT2D eigenvalue weighted by Gasteiger charge is 2.15. The minimum absolute atomic E-state index is 0.0183. The average Bonchev–Trinajstić information content (AvgIpc) is 2.38. The van der Waals surface area contributed by atoms with Crippen molar-refractivity contribution in [3.05, 3.63) is 67.1 Å². The predicted octanol–water partition coefficient (Wildman–Crippen LogP) is 6.11. The molecule has 1 nitrogen and oxygen atoms in total. The monoisotopic (exact) mass is 391 g/mol. The molecule has 5 heteroatoms. The van der Waals surface area contributed by atoms with Gasteiger partial charge in [-0.05, 0) is 48.0 Å². The molecular formula is C15H13BrCl3N. The number of hydrogen-bond donors (Lipinski definition) is 1. The van der Waals surface area contributed by atoms with Crippen LogP contribution in [-0.4, -0.2) is 6.54 Å². The van der Waals surface area contributed by atoms with Crippen LogP contribution in [0.3, 0.4) is 0 Å². The summed E-state index contributed by atoms with van der Waals surface area (Å²) in [7, 11) is 0. The minimum Gasteiger partial charge on any atom is -0.307 e. The van der Waals surface area contributed by atoms with Crippen LogP contribution in [0.25, 0.3) is 0 Å². The van der Waals surface area contributed by atoms with Gasteiger partial charge in [-0.2, -0.15) is 0 Å². The van der Waals surface area contributed by atoms with Crippen molar-refractivity contribution in [2.75, 3.05) is 6.54 Å². The molecule has 0 bridgehead atoms. The van der Waals surface area contributed by atoms with E-state index in [9.17, 15) is 0 Å². The lowest BCUT2D eigenvalue weighted by Gasteiger charge is -2.20. The molecular weight excluding hydrogens is 380 g/mol. The van der Waals surface area contributed by atoms with Crippen molar-refractivity contribution in [2.24, 2.45) is 0 Å². The van der Waals surface area contributed by atoms with Crippen LogP contribution in [0.2, 0.25) is 15.1 Å². The molecule has 0 heterocycles. The second-order valence-electron chi connectivity index (χ2n) is 4.37. The van der Waals surface area contributed by atoms with Crippen LogP contribution in [0.5, 0.6) is 0 Å². The maximum atomic E-state index is 6.13. The maximum Gasteiger partial charge on any atom is 0.0595 e. The summed E-state index contributed by atoms with van der Waals surface area (Å²) in [5.74, 6) is 0. The highest BCUT2D eigenvalue weighted by Crippen LogP contribution is 2.31. The molecule has 0 aromatic heterocycles. The van der Waals surface area contributed by atoms with Crippen LogP contribution >= 0.6 is 50.7 Å². The fourth-order valence-corrected chi connectivity index (χ4v) is 3.26. The smallest absolute Gasteiger partial charge is 0.0595 e. The molecule has 2 rings (SSSR count). The van der Waals surface area contributed by atoms with Gasteiger partial charge in [0.05, 0.1) is 16.1 Å². The summed E-state index contributed by atoms with van der Waals surface area (Å²) < 4.78 is 0.947. The standard InChI is InChI=1S/C15H13BrCl3N/c1-2-20-15(9-3-4-13(18)14(19)7-9)10-5-11(16)8-12(17)6-10/h3-8,15,20H,2H2,1H3. The number of nitrogens with one attached hydrogen (secondary N) is 1. The zero-order valence-electron chi connectivity index (χ0n) is 10.8. The lowest BCUT2D eigenvalue weighted by molar-refractivity contribution is 0.630. The van der Waals surface area contributed by atoms with Crippen molar-refractivity contribution >= 4 is 50.7 Å². The first kappa shape index (κ1) is 16.1. The summed E-state index contributed by atoms with van der Waals surface area (Å²) >= 11 is 21.7. The quantitative estimate of drug-likeness (QED) is 0.661. The highest BCUT2D eigenvalue weighted by atomic mass is 79.9. The van der Waals surface area contributed by atoms with Crippen LogP contribution in [-0.2, 0) is 0 Å². The molecule has 20 heavy (non-hydrogen) atoms. The molecule has 0 aliphatic rings. The first-order valence-corrected chi connectivity index (χ1v) is 8.08. The van der Waals surface area contributed by atoms with Gasteiger partial charge in [-0.15, -0.1) is 0 Å². The molecule has 0 amide bonds. The fourth-order valence-electron chi connectivity index (χ4n) is 2.07. The molecule has 2 aromatic rings. The number of hydrogen-bond acceptors (Lipinski definition) is 1. The van der Waals surface area contributed by atoms with Crippen LogP contribution in [0.1, 0.15) is 24.1 Å².